The predicted octanol–water partition coefficient (Wildman–Crippen LogP) is -0.0758. The minimum absolute atomic E-state index is 0.0352. The first kappa shape index (κ1) is 17.5. The molecule has 0 aliphatic carbocycles. The van der Waals surface area contributed by atoms with Crippen molar-refractivity contribution in [2.75, 3.05) is 44.9 Å². The minimum atomic E-state index is -2.87. The lowest BCUT2D eigenvalue weighted by molar-refractivity contribution is 0.0168. The van der Waals surface area contributed by atoms with Crippen LogP contribution in [0.3, 0.4) is 0 Å². The van der Waals surface area contributed by atoms with Gasteiger partial charge in [0, 0.05) is 32.8 Å². The summed E-state index contributed by atoms with van der Waals surface area (Å²) in [6, 6.07) is -0.0352. The molecule has 0 radical (unpaired) electrons. The molecule has 2 atom stereocenters. The van der Waals surface area contributed by atoms with Crippen LogP contribution in [-0.2, 0) is 19.3 Å². The van der Waals surface area contributed by atoms with E-state index in [-0.39, 0.29) is 23.7 Å². The lowest BCUT2D eigenvalue weighted by Gasteiger charge is -2.16. The van der Waals surface area contributed by atoms with Crippen molar-refractivity contribution in [2.24, 2.45) is 4.99 Å². The fourth-order valence-corrected chi connectivity index (χ4v) is 4.34. The van der Waals surface area contributed by atoms with E-state index in [0.717, 1.165) is 32.4 Å². The third kappa shape index (κ3) is 6.10. The highest BCUT2D eigenvalue weighted by Crippen LogP contribution is 2.12. The molecule has 0 bridgehead atoms. The quantitative estimate of drug-likeness (QED) is 0.385. The number of nitrogens with zero attached hydrogens (tertiary/aromatic N) is 1. The molecule has 0 amide bonds. The van der Waals surface area contributed by atoms with Gasteiger partial charge in [-0.1, -0.05) is 0 Å². The van der Waals surface area contributed by atoms with Gasteiger partial charge in [-0.3, -0.25) is 4.99 Å². The van der Waals surface area contributed by atoms with Crippen LogP contribution in [0.1, 0.15) is 25.7 Å². The van der Waals surface area contributed by atoms with E-state index < -0.39 is 9.84 Å². The summed E-state index contributed by atoms with van der Waals surface area (Å²) in [6.45, 7) is 2.95. The van der Waals surface area contributed by atoms with Gasteiger partial charge in [-0.2, -0.15) is 0 Å². The van der Waals surface area contributed by atoms with E-state index in [9.17, 15) is 8.42 Å². The van der Waals surface area contributed by atoms with E-state index in [4.69, 9.17) is 9.47 Å². The van der Waals surface area contributed by atoms with Crippen molar-refractivity contribution in [1.29, 1.82) is 0 Å². The topological polar surface area (TPSA) is 89.0 Å². The maximum atomic E-state index is 11.4. The number of hydrogen-bond donors (Lipinski definition) is 2. The lowest BCUT2D eigenvalue weighted by atomic mass is 10.2. The molecule has 0 saturated carbocycles. The zero-order valence-electron chi connectivity index (χ0n) is 13.2. The van der Waals surface area contributed by atoms with Gasteiger partial charge in [0.15, 0.2) is 15.8 Å². The number of aliphatic imine (C=N–C) groups is 1. The van der Waals surface area contributed by atoms with Gasteiger partial charge in [0.1, 0.15) is 0 Å². The molecule has 2 fully saturated rings. The van der Waals surface area contributed by atoms with Gasteiger partial charge < -0.3 is 20.1 Å². The van der Waals surface area contributed by atoms with Gasteiger partial charge in [-0.25, -0.2) is 8.42 Å². The second-order valence-electron chi connectivity index (χ2n) is 5.81. The number of hydrogen-bond acceptors (Lipinski definition) is 5. The van der Waals surface area contributed by atoms with Crippen LogP contribution in [-0.4, -0.2) is 71.4 Å². The molecular weight excluding hydrogens is 306 g/mol. The van der Waals surface area contributed by atoms with Gasteiger partial charge in [-0.15, -0.1) is 0 Å². The first-order valence-electron chi connectivity index (χ1n) is 7.96. The van der Waals surface area contributed by atoms with Crippen molar-refractivity contribution >= 4 is 15.8 Å². The standard InChI is InChI=1S/C14H27N3O4S/c1-15-14(17-12-5-9-22(18,19)11-12)16-6-3-7-20-10-13-4-2-8-21-13/h12-13H,2-11H2,1H3,(H2,15,16,17). The number of rotatable bonds is 7. The molecule has 0 aromatic heterocycles. The van der Waals surface area contributed by atoms with Gasteiger partial charge in [0.2, 0.25) is 0 Å². The Balaban J connectivity index is 1.53. The van der Waals surface area contributed by atoms with Crippen LogP contribution in [0.5, 0.6) is 0 Å². The minimum Gasteiger partial charge on any atom is -0.379 e. The van der Waals surface area contributed by atoms with Crippen molar-refractivity contribution in [3.63, 3.8) is 0 Å². The molecule has 2 heterocycles. The first-order chi connectivity index (χ1) is 10.6. The van der Waals surface area contributed by atoms with Crippen molar-refractivity contribution in [3.8, 4) is 0 Å². The second-order valence-corrected chi connectivity index (χ2v) is 8.04. The maximum Gasteiger partial charge on any atom is 0.191 e. The molecule has 22 heavy (non-hydrogen) atoms. The van der Waals surface area contributed by atoms with E-state index >= 15 is 0 Å². The van der Waals surface area contributed by atoms with Crippen LogP contribution < -0.4 is 10.6 Å². The van der Waals surface area contributed by atoms with Crippen molar-refractivity contribution in [2.45, 2.75) is 37.8 Å². The molecule has 2 aliphatic rings. The smallest absolute Gasteiger partial charge is 0.191 e. The summed E-state index contributed by atoms with van der Waals surface area (Å²) < 4.78 is 33.9. The van der Waals surface area contributed by atoms with Crippen LogP contribution in [0.25, 0.3) is 0 Å². The van der Waals surface area contributed by atoms with Crippen LogP contribution in [0.4, 0.5) is 0 Å². The van der Waals surface area contributed by atoms with E-state index in [1.807, 2.05) is 0 Å². The highest BCUT2D eigenvalue weighted by atomic mass is 32.2. The summed E-state index contributed by atoms with van der Waals surface area (Å²) in [7, 11) is -1.18. The van der Waals surface area contributed by atoms with Crippen molar-refractivity contribution < 1.29 is 17.9 Å². The fourth-order valence-electron chi connectivity index (χ4n) is 2.67. The molecule has 0 aromatic carbocycles. The third-order valence-electron chi connectivity index (χ3n) is 3.88. The van der Waals surface area contributed by atoms with E-state index in [0.29, 0.717) is 25.6 Å². The largest absolute Gasteiger partial charge is 0.379 e. The Morgan fingerprint density at radius 2 is 2.27 bits per heavy atom. The highest BCUT2D eigenvalue weighted by molar-refractivity contribution is 7.91. The number of guanidine groups is 1. The molecule has 2 aliphatic heterocycles. The Morgan fingerprint density at radius 3 is 2.91 bits per heavy atom. The Morgan fingerprint density at radius 1 is 1.41 bits per heavy atom. The van der Waals surface area contributed by atoms with Gasteiger partial charge in [0.05, 0.1) is 24.2 Å². The predicted molar refractivity (Wildman–Crippen MR) is 86.0 cm³/mol. The summed E-state index contributed by atoms with van der Waals surface area (Å²) in [5.41, 5.74) is 0. The molecule has 8 heteroatoms. The van der Waals surface area contributed by atoms with Crippen molar-refractivity contribution in [3.05, 3.63) is 0 Å². The Bertz CT molecular complexity index is 461. The highest BCUT2D eigenvalue weighted by Gasteiger charge is 2.28. The zero-order chi connectivity index (χ0) is 15.8. The molecule has 2 saturated heterocycles. The molecule has 2 rings (SSSR count). The summed E-state index contributed by atoms with van der Waals surface area (Å²) >= 11 is 0. The fraction of sp³-hybridized carbons (Fsp3) is 0.929. The SMILES string of the molecule is CN=C(NCCCOCC1CCCO1)NC1CCS(=O)(=O)C1. The van der Waals surface area contributed by atoms with Crippen molar-refractivity contribution in [1.82, 2.24) is 10.6 Å². The van der Waals surface area contributed by atoms with Crippen LogP contribution in [0, 0.1) is 0 Å². The molecule has 2 N–H and O–H groups in total. The van der Waals surface area contributed by atoms with Gasteiger partial charge in [0.25, 0.3) is 0 Å². The van der Waals surface area contributed by atoms with E-state index in [1.54, 1.807) is 7.05 Å². The molecule has 0 aromatic rings. The van der Waals surface area contributed by atoms with E-state index in [2.05, 4.69) is 15.6 Å². The maximum absolute atomic E-state index is 11.4. The lowest BCUT2D eigenvalue weighted by Crippen LogP contribution is -2.44. The average molecular weight is 333 g/mol. The molecule has 7 nitrogen and oxygen atoms in total. The number of nitrogens with one attached hydrogen (secondary N) is 2. The second kappa shape index (κ2) is 8.69. The summed E-state index contributed by atoms with van der Waals surface area (Å²) in [4.78, 5) is 4.12. The van der Waals surface area contributed by atoms with E-state index in [1.165, 1.54) is 0 Å². The number of sulfone groups is 1. The van der Waals surface area contributed by atoms with Gasteiger partial charge >= 0.3 is 0 Å². The Labute approximate surface area is 132 Å². The Kier molecular flexibility index (Phi) is 6.91. The zero-order valence-corrected chi connectivity index (χ0v) is 14.0. The molecule has 0 spiro atoms. The summed E-state index contributed by atoms with van der Waals surface area (Å²) in [5, 5.41) is 6.34. The van der Waals surface area contributed by atoms with Crippen LogP contribution in [0.2, 0.25) is 0 Å². The van der Waals surface area contributed by atoms with Crippen LogP contribution in [0.15, 0.2) is 4.99 Å². The monoisotopic (exact) mass is 333 g/mol. The first-order valence-corrected chi connectivity index (χ1v) is 9.78. The molecule has 128 valence electrons. The molecular formula is C14H27N3O4S. The van der Waals surface area contributed by atoms with Gasteiger partial charge in [-0.05, 0) is 25.7 Å². The molecule has 2 unspecified atom stereocenters. The third-order valence-corrected chi connectivity index (χ3v) is 5.65. The summed E-state index contributed by atoms with van der Waals surface area (Å²) in [5.74, 6) is 1.11. The Hall–Kier alpha value is -0.860. The number of ether oxygens (including phenoxy) is 2. The summed E-state index contributed by atoms with van der Waals surface area (Å²) in [6.07, 6.45) is 4.02. The van der Waals surface area contributed by atoms with Crippen LogP contribution >= 0.6 is 0 Å². The average Bonchev–Trinajstić information content (AvgIpc) is 3.10. The normalized spacial score (nSPS) is 28.0.